The van der Waals surface area contributed by atoms with Gasteiger partial charge in [0.25, 0.3) is 0 Å². The lowest BCUT2D eigenvalue weighted by molar-refractivity contribution is 0.578. The summed E-state index contributed by atoms with van der Waals surface area (Å²) in [4.78, 5) is 18.2. The fourth-order valence-corrected chi connectivity index (χ4v) is 3.22. The number of aromatic amines is 1. The van der Waals surface area contributed by atoms with Gasteiger partial charge in [0, 0.05) is 41.4 Å². The second-order valence-corrected chi connectivity index (χ2v) is 6.14. The first-order valence-electron chi connectivity index (χ1n) is 7.73. The van der Waals surface area contributed by atoms with Crippen LogP contribution in [0.1, 0.15) is 43.7 Å². The lowest BCUT2D eigenvalue weighted by atomic mass is 10.1. The quantitative estimate of drug-likeness (QED) is 0.906. The number of fused-ring (bicyclic) bond motifs is 1. The third kappa shape index (κ3) is 2.11. The number of rotatable bonds is 2. The molecule has 1 saturated heterocycles. The molecule has 1 aliphatic carbocycles. The van der Waals surface area contributed by atoms with Crippen LogP contribution in [0.5, 0.6) is 0 Å². The number of benzene rings is 1. The van der Waals surface area contributed by atoms with E-state index >= 15 is 0 Å². The van der Waals surface area contributed by atoms with Gasteiger partial charge in [-0.15, -0.1) is 0 Å². The molecule has 0 atom stereocenters. The van der Waals surface area contributed by atoms with E-state index in [1.807, 2.05) is 0 Å². The summed E-state index contributed by atoms with van der Waals surface area (Å²) in [7, 11) is 0. The summed E-state index contributed by atoms with van der Waals surface area (Å²) in [6.45, 7) is 2.23. The highest BCUT2D eigenvalue weighted by Gasteiger charge is 2.25. The molecule has 2 aliphatic rings. The van der Waals surface area contributed by atoms with Gasteiger partial charge in [-0.25, -0.2) is 0 Å². The normalized spacial score (nSPS) is 19.5. The number of H-pyrrole nitrogens is 1. The molecule has 4 rings (SSSR count). The molecule has 0 spiro atoms. The lowest BCUT2D eigenvalue weighted by Gasteiger charge is -2.28. The Bertz CT molecular complexity index is 694. The van der Waals surface area contributed by atoms with E-state index in [2.05, 4.69) is 28.1 Å². The smallest absolute Gasteiger partial charge is 0.189 e. The van der Waals surface area contributed by atoms with Gasteiger partial charge in [0.1, 0.15) is 0 Å². The molecule has 2 heterocycles. The van der Waals surface area contributed by atoms with Gasteiger partial charge in [-0.2, -0.15) is 0 Å². The van der Waals surface area contributed by atoms with Crippen molar-refractivity contribution in [2.75, 3.05) is 18.0 Å². The van der Waals surface area contributed by atoms with Crippen molar-refractivity contribution < 1.29 is 0 Å². The molecule has 20 heavy (non-hydrogen) atoms. The number of hydrogen-bond acceptors (Lipinski definition) is 2. The molecule has 1 N–H and O–H groups in total. The molecule has 2 fully saturated rings. The van der Waals surface area contributed by atoms with Crippen molar-refractivity contribution in [3.8, 4) is 0 Å². The first kappa shape index (κ1) is 12.0. The predicted molar refractivity (Wildman–Crippen MR) is 82.6 cm³/mol. The van der Waals surface area contributed by atoms with Crippen LogP contribution >= 0.6 is 0 Å². The van der Waals surface area contributed by atoms with Crippen LogP contribution in [-0.2, 0) is 0 Å². The van der Waals surface area contributed by atoms with Gasteiger partial charge in [-0.3, -0.25) is 4.79 Å². The molecule has 1 aromatic carbocycles. The Hall–Kier alpha value is -1.77. The van der Waals surface area contributed by atoms with E-state index in [9.17, 15) is 4.79 Å². The Morgan fingerprint density at radius 1 is 1.05 bits per heavy atom. The summed E-state index contributed by atoms with van der Waals surface area (Å²) in [5, 5.41) is 0.831. The highest BCUT2D eigenvalue weighted by Crippen LogP contribution is 2.39. The summed E-state index contributed by atoms with van der Waals surface area (Å²) in [5.41, 5.74) is 3.47. The number of anilines is 1. The van der Waals surface area contributed by atoms with E-state index < -0.39 is 0 Å². The minimum atomic E-state index is 0.166. The van der Waals surface area contributed by atoms with Gasteiger partial charge in [0.05, 0.1) is 0 Å². The van der Waals surface area contributed by atoms with Crippen LogP contribution in [0.2, 0.25) is 0 Å². The average molecular weight is 268 g/mol. The molecule has 1 saturated carbocycles. The number of nitrogens with one attached hydrogen (secondary N) is 1. The maximum Gasteiger partial charge on any atom is 0.189 e. The van der Waals surface area contributed by atoms with E-state index in [1.165, 1.54) is 37.8 Å². The Labute approximate surface area is 118 Å². The van der Waals surface area contributed by atoms with Gasteiger partial charge in [-0.05, 0) is 56.2 Å². The molecular weight excluding hydrogens is 248 g/mol. The standard InChI is InChI=1S/C17H20N2O/c20-17-11-16(12-4-5-12)18-15-7-6-13(10-14(15)17)19-8-2-1-3-9-19/h6-7,10-12H,1-5,8-9H2,(H,18,20). The average Bonchev–Trinajstić information content (AvgIpc) is 3.32. The summed E-state index contributed by atoms with van der Waals surface area (Å²) >= 11 is 0. The van der Waals surface area contributed by atoms with E-state index in [4.69, 9.17) is 0 Å². The van der Waals surface area contributed by atoms with E-state index in [0.717, 1.165) is 29.7 Å². The van der Waals surface area contributed by atoms with Crippen LogP contribution < -0.4 is 10.3 Å². The second-order valence-electron chi connectivity index (χ2n) is 6.14. The van der Waals surface area contributed by atoms with Crippen molar-refractivity contribution >= 4 is 16.6 Å². The maximum atomic E-state index is 12.3. The number of aromatic nitrogens is 1. The van der Waals surface area contributed by atoms with Gasteiger partial charge < -0.3 is 9.88 Å². The van der Waals surface area contributed by atoms with Crippen molar-refractivity contribution in [3.63, 3.8) is 0 Å². The third-order valence-electron chi connectivity index (χ3n) is 4.57. The number of hydrogen-bond donors (Lipinski definition) is 1. The molecule has 104 valence electrons. The van der Waals surface area contributed by atoms with Crippen LogP contribution in [-0.4, -0.2) is 18.1 Å². The van der Waals surface area contributed by atoms with E-state index in [-0.39, 0.29) is 5.43 Å². The van der Waals surface area contributed by atoms with Crippen LogP contribution in [0.25, 0.3) is 10.9 Å². The monoisotopic (exact) mass is 268 g/mol. The van der Waals surface area contributed by atoms with Crippen molar-refractivity contribution in [2.24, 2.45) is 0 Å². The first-order chi connectivity index (χ1) is 9.81. The molecule has 0 radical (unpaired) electrons. The fourth-order valence-electron chi connectivity index (χ4n) is 3.22. The highest BCUT2D eigenvalue weighted by molar-refractivity contribution is 5.82. The molecule has 1 aromatic heterocycles. The van der Waals surface area contributed by atoms with E-state index in [1.54, 1.807) is 6.07 Å². The zero-order valence-corrected chi connectivity index (χ0v) is 11.7. The summed E-state index contributed by atoms with van der Waals surface area (Å²) < 4.78 is 0. The predicted octanol–water partition coefficient (Wildman–Crippen LogP) is 3.40. The van der Waals surface area contributed by atoms with Crippen molar-refractivity contribution in [1.82, 2.24) is 4.98 Å². The van der Waals surface area contributed by atoms with Crippen LogP contribution in [0.3, 0.4) is 0 Å². The summed E-state index contributed by atoms with van der Waals surface area (Å²) in [5.74, 6) is 0.592. The Morgan fingerprint density at radius 3 is 2.60 bits per heavy atom. The van der Waals surface area contributed by atoms with Gasteiger partial charge in [0.2, 0.25) is 0 Å². The Kier molecular flexibility index (Phi) is 2.79. The fraction of sp³-hybridized carbons (Fsp3) is 0.471. The van der Waals surface area contributed by atoms with E-state index in [0.29, 0.717) is 5.92 Å². The minimum absolute atomic E-state index is 0.166. The van der Waals surface area contributed by atoms with Crippen LogP contribution in [0.4, 0.5) is 5.69 Å². The molecule has 3 nitrogen and oxygen atoms in total. The SMILES string of the molecule is O=c1cc(C2CC2)[nH]c2ccc(N3CCCCC3)cc12. The highest BCUT2D eigenvalue weighted by atomic mass is 16.1. The zero-order valence-electron chi connectivity index (χ0n) is 11.7. The van der Waals surface area contributed by atoms with Gasteiger partial charge >= 0.3 is 0 Å². The lowest BCUT2D eigenvalue weighted by Crippen LogP contribution is -2.29. The molecule has 1 aliphatic heterocycles. The molecule has 0 bridgehead atoms. The zero-order chi connectivity index (χ0) is 13.5. The maximum absolute atomic E-state index is 12.3. The van der Waals surface area contributed by atoms with Crippen molar-refractivity contribution in [2.45, 2.75) is 38.0 Å². The molecule has 3 heteroatoms. The Balaban J connectivity index is 1.76. The number of nitrogens with zero attached hydrogens (tertiary/aromatic N) is 1. The summed E-state index contributed by atoms with van der Waals surface area (Å²) in [6, 6.07) is 8.10. The topological polar surface area (TPSA) is 36.1 Å². The molecule has 0 amide bonds. The van der Waals surface area contributed by atoms with Crippen molar-refractivity contribution in [3.05, 3.63) is 40.2 Å². The molecular formula is C17H20N2O. The van der Waals surface area contributed by atoms with Crippen LogP contribution in [0, 0.1) is 0 Å². The number of pyridine rings is 1. The largest absolute Gasteiger partial charge is 0.372 e. The second kappa shape index (κ2) is 4.65. The molecule has 2 aromatic rings. The first-order valence-corrected chi connectivity index (χ1v) is 7.73. The van der Waals surface area contributed by atoms with Gasteiger partial charge in [-0.1, -0.05) is 0 Å². The minimum Gasteiger partial charge on any atom is -0.372 e. The third-order valence-corrected chi connectivity index (χ3v) is 4.57. The Morgan fingerprint density at radius 2 is 1.85 bits per heavy atom. The van der Waals surface area contributed by atoms with Crippen LogP contribution in [0.15, 0.2) is 29.1 Å². The van der Waals surface area contributed by atoms with Gasteiger partial charge in [0.15, 0.2) is 5.43 Å². The van der Waals surface area contributed by atoms with Crippen molar-refractivity contribution in [1.29, 1.82) is 0 Å². The summed E-state index contributed by atoms with van der Waals surface area (Å²) in [6.07, 6.45) is 6.28. The number of piperidine rings is 1. The molecule has 0 unspecified atom stereocenters.